The normalized spacial score (nSPS) is 15.6. The first-order valence-electron chi connectivity index (χ1n) is 8.42. The number of benzene rings is 1. The molecule has 1 aliphatic rings. The lowest BCUT2D eigenvalue weighted by atomic mass is 10.1. The smallest absolute Gasteiger partial charge is 0.229 e. The molecule has 2 aromatic rings. The number of ether oxygens (including phenoxy) is 1. The van der Waals surface area contributed by atoms with Crippen LogP contribution in [0.25, 0.3) is 11.5 Å². The van der Waals surface area contributed by atoms with Crippen molar-refractivity contribution < 1.29 is 13.5 Å². The first kappa shape index (κ1) is 17.2. The Labute approximate surface area is 146 Å². The average molecular weight is 353 g/mol. The number of piperidine rings is 1. The van der Waals surface area contributed by atoms with Crippen LogP contribution in [0.3, 0.4) is 0 Å². The lowest BCUT2D eigenvalue weighted by Gasteiger charge is -2.25. The van der Waals surface area contributed by atoms with Crippen molar-refractivity contribution >= 4 is 11.6 Å². The predicted octanol–water partition coefficient (Wildman–Crippen LogP) is 4.47. The third-order valence-corrected chi connectivity index (χ3v) is 4.37. The molecule has 6 heteroatoms. The quantitative estimate of drug-likeness (QED) is 0.544. The summed E-state index contributed by atoms with van der Waals surface area (Å²) >= 11 is 5.60. The molecule has 1 aromatic carbocycles. The van der Waals surface area contributed by atoms with Crippen molar-refractivity contribution in [2.45, 2.75) is 32.2 Å². The second kappa shape index (κ2) is 8.49. The first-order valence-corrected chi connectivity index (χ1v) is 8.95. The maximum absolute atomic E-state index is 14.3. The van der Waals surface area contributed by atoms with Crippen molar-refractivity contribution in [2.75, 3.05) is 25.6 Å². The van der Waals surface area contributed by atoms with E-state index in [2.05, 4.69) is 9.88 Å². The summed E-state index contributed by atoms with van der Waals surface area (Å²) in [7, 11) is 0. The molecule has 3 rings (SSSR count). The summed E-state index contributed by atoms with van der Waals surface area (Å²) in [6.07, 6.45) is 6.10. The number of oxazole rings is 1. The van der Waals surface area contributed by atoms with Crippen molar-refractivity contribution in [1.29, 1.82) is 0 Å². The Hall–Kier alpha value is -1.59. The Morgan fingerprint density at radius 1 is 1.25 bits per heavy atom. The maximum atomic E-state index is 14.3. The van der Waals surface area contributed by atoms with Crippen LogP contribution in [0.5, 0.6) is 5.75 Å². The van der Waals surface area contributed by atoms with Crippen molar-refractivity contribution in [3.05, 3.63) is 36.0 Å². The van der Waals surface area contributed by atoms with Gasteiger partial charge in [-0.2, -0.15) is 0 Å². The maximum Gasteiger partial charge on any atom is 0.229 e. The molecular weight excluding hydrogens is 331 g/mol. The molecule has 1 aromatic heterocycles. The van der Waals surface area contributed by atoms with Crippen LogP contribution in [0.15, 0.2) is 28.9 Å². The van der Waals surface area contributed by atoms with Gasteiger partial charge in [0.25, 0.3) is 0 Å². The Morgan fingerprint density at radius 2 is 2.08 bits per heavy atom. The highest BCUT2D eigenvalue weighted by Gasteiger charge is 2.16. The molecule has 1 saturated heterocycles. The predicted molar refractivity (Wildman–Crippen MR) is 91.9 cm³/mol. The number of hydrogen-bond donors (Lipinski definition) is 0. The topological polar surface area (TPSA) is 38.5 Å². The van der Waals surface area contributed by atoms with E-state index in [0.717, 1.165) is 31.7 Å². The zero-order chi connectivity index (χ0) is 16.8. The van der Waals surface area contributed by atoms with Gasteiger partial charge in [0, 0.05) is 18.5 Å². The second-order valence-electron chi connectivity index (χ2n) is 6.01. The summed E-state index contributed by atoms with van der Waals surface area (Å²) in [6, 6.07) is 4.72. The third kappa shape index (κ3) is 4.48. The van der Waals surface area contributed by atoms with Gasteiger partial charge in [-0.05, 0) is 44.5 Å². The van der Waals surface area contributed by atoms with Gasteiger partial charge in [-0.15, -0.1) is 11.6 Å². The minimum absolute atomic E-state index is 0.312. The van der Waals surface area contributed by atoms with E-state index < -0.39 is 5.82 Å². The van der Waals surface area contributed by atoms with Gasteiger partial charge in [0.2, 0.25) is 5.89 Å². The lowest BCUT2D eigenvalue weighted by molar-refractivity contribution is 0.218. The highest BCUT2D eigenvalue weighted by atomic mass is 35.5. The van der Waals surface area contributed by atoms with Gasteiger partial charge < -0.3 is 9.15 Å². The molecule has 0 aliphatic carbocycles. The number of aromatic nitrogens is 1. The Morgan fingerprint density at radius 3 is 2.83 bits per heavy atom. The van der Waals surface area contributed by atoms with Gasteiger partial charge in [-0.1, -0.05) is 6.42 Å². The van der Waals surface area contributed by atoms with Crippen LogP contribution in [-0.2, 0) is 6.54 Å². The summed E-state index contributed by atoms with van der Waals surface area (Å²) in [5, 5.41) is 0. The molecule has 0 unspecified atom stereocenters. The molecule has 0 spiro atoms. The monoisotopic (exact) mass is 352 g/mol. The molecule has 130 valence electrons. The standard InChI is InChI=1S/C18H22ClFN2O2/c19-7-4-10-23-15-5-6-16(17(20)11-15)18-21-14(13-24-18)12-22-8-2-1-3-9-22/h5-6,11,13H,1-4,7-10,12H2. The van der Waals surface area contributed by atoms with E-state index in [1.165, 1.54) is 25.3 Å². The molecule has 0 atom stereocenters. The van der Waals surface area contributed by atoms with E-state index in [1.807, 2.05) is 0 Å². The number of rotatable bonds is 7. The lowest BCUT2D eigenvalue weighted by Crippen LogP contribution is -2.29. The molecule has 24 heavy (non-hydrogen) atoms. The fraction of sp³-hybridized carbons (Fsp3) is 0.500. The SMILES string of the molecule is Fc1cc(OCCCCl)ccc1-c1nc(CN2CCCCC2)co1. The number of halogens is 2. The van der Waals surface area contributed by atoms with Gasteiger partial charge in [0.05, 0.1) is 17.9 Å². The summed E-state index contributed by atoms with van der Waals surface area (Å²) in [4.78, 5) is 6.79. The van der Waals surface area contributed by atoms with E-state index in [1.54, 1.807) is 18.4 Å². The molecule has 0 saturated carbocycles. The molecule has 4 nitrogen and oxygen atoms in total. The minimum atomic E-state index is -0.398. The Kier molecular flexibility index (Phi) is 6.10. The molecule has 0 amide bonds. The van der Waals surface area contributed by atoms with Crippen LogP contribution in [0.4, 0.5) is 4.39 Å². The van der Waals surface area contributed by atoms with Crippen LogP contribution in [-0.4, -0.2) is 35.5 Å². The van der Waals surface area contributed by atoms with Crippen LogP contribution in [0.1, 0.15) is 31.4 Å². The summed E-state index contributed by atoms with van der Waals surface area (Å²) in [6.45, 7) is 3.40. The fourth-order valence-corrected chi connectivity index (χ4v) is 2.96. The van der Waals surface area contributed by atoms with Crippen LogP contribution >= 0.6 is 11.6 Å². The van der Waals surface area contributed by atoms with Crippen LogP contribution in [0.2, 0.25) is 0 Å². The molecule has 0 bridgehead atoms. The zero-order valence-corrected chi connectivity index (χ0v) is 14.4. The summed E-state index contributed by atoms with van der Waals surface area (Å²) in [5.41, 5.74) is 1.19. The van der Waals surface area contributed by atoms with Crippen molar-refractivity contribution in [3.8, 4) is 17.2 Å². The minimum Gasteiger partial charge on any atom is -0.493 e. The molecule has 0 radical (unpaired) electrons. The summed E-state index contributed by atoms with van der Waals surface area (Å²) < 4.78 is 25.2. The number of alkyl halides is 1. The molecule has 1 aliphatic heterocycles. The van der Waals surface area contributed by atoms with Gasteiger partial charge >= 0.3 is 0 Å². The highest BCUT2D eigenvalue weighted by Crippen LogP contribution is 2.26. The number of likely N-dealkylation sites (tertiary alicyclic amines) is 1. The van der Waals surface area contributed by atoms with Gasteiger partial charge in [-0.25, -0.2) is 9.37 Å². The molecular formula is C18H22ClFN2O2. The van der Waals surface area contributed by atoms with E-state index in [-0.39, 0.29) is 0 Å². The summed E-state index contributed by atoms with van der Waals surface area (Å²) in [5.74, 6) is 0.925. The van der Waals surface area contributed by atoms with Gasteiger partial charge in [0.15, 0.2) is 0 Å². The van der Waals surface area contributed by atoms with E-state index >= 15 is 0 Å². The van der Waals surface area contributed by atoms with Crippen molar-refractivity contribution in [1.82, 2.24) is 9.88 Å². The Balaban J connectivity index is 1.65. The van der Waals surface area contributed by atoms with Gasteiger partial charge in [0.1, 0.15) is 17.8 Å². The number of hydrogen-bond acceptors (Lipinski definition) is 4. The van der Waals surface area contributed by atoms with Crippen molar-refractivity contribution in [2.24, 2.45) is 0 Å². The highest BCUT2D eigenvalue weighted by molar-refractivity contribution is 6.17. The van der Waals surface area contributed by atoms with Crippen LogP contribution in [0, 0.1) is 5.82 Å². The average Bonchev–Trinajstić information content (AvgIpc) is 3.04. The molecule has 0 N–H and O–H groups in total. The van der Waals surface area contributed by atoms with Gasteiger partial charge in [-0.3, -0.25) is 4.90 Å². The van der Waals surface area contributed by atoms with Crippen LogP contribution < -0.4 is 4.74 Å². The van der Waals surface area contributed by atoms with E-state index in [4.69, 9.17) is 20.8 Å². The molecule has 1 fully saturated rings. The molecule has 2 heterocycles. The number of nitrogens with zero attached hydrogens (tertiary/aromatic N) is 2. The zero-order valence-electron chi connectivity index (χ0n) is 13.6. The Bertz CT molecular complexity index is 656. The van der Waals surface area contributed by atoms with E-state index in [0.29, 0.717) is 29.7 Å². The fourth-order valence-electron chi connectivity index (χ4n) is 2.85. The largest absolute Gasteiger partial charge is 0.493 e. The van der Waals surface area contributed by atoms with E-state index in [9.17, 15) is 4.39 Å². The third-order valence-electron chi connectivity index (χ3n) is 4.10. The van der Waals surface area contributed by atoms with Crippen molar-refractivity contribution in [3.63, 3.8) is 0 Å². The first-order chi connectivity index (χ1) is 11.8. The second-order valence-corrected chi connectivity index (χ2v) is 6.39.